The van der Waals surface area contributed by atoms with Crippen molar-refractivity contribution < 1.29 is 17.6 Å². The van der Waals surface area contributed by atoms with Crippen molar-refractivity contribution in [1.82, 2.24) is 10.0 Å². The molecule has 0 heterocycles. The van der Waals surface area contributed by atoms with E-state index in [1.54, 1.807) is 13.8 Å². The Bertz CT molecular complexity index is 590. The molecule has 1 amide bonds. The summed E-state index contributed by atoms with van der Waals surface area (Å²) in [6, 6.07) is 3.14. The van der Waals surface area contributed by atoms with Crippen LogP contribution < -0.4 is 10.0 Å². The molecule has 0 aliphatic carbocycles. The molecule has 0 bridgehead atoms. The summed E-state index contributed by atoms with van der Waals surface area (Å²) in [6.07, 6.45) is 0. The highest BCUT2D eigenvalue weighted by Crippen LogP contribution is 2.18. The number of hydrogen-bond acceptors (Lipinski definition) is 3. The molecular formula is C12H16ClFN2O3S. The van der Waals surface area contributed by atoms with Gasteiger partial charge in [0.05, 0.1) is 9.92 Å². The average Bonchev–Trinajstić information content (AvgIpc) is 2.37. The van der Waals surface area contributed by atoms with E-state index in [1.165, 1.54) is 0 Å². The number of rotatable bonds is 6. The number of benzene rings is 1. The number of halogens is 2. The third-order valence-electron chi connectivity index (χ3n) is 2.44. The van der Waals surface area contributed by atoms with Crippen molar-refractivity contribution in [3.63, 3.8) is 0 Å². The third kappa shape index (κ3) is 4.73. The monoisotopic (exact) mass is 322 g/mol. The molecule has 0 saturated carbocycles. The van der Waals surface area contributed by atoms with Gasteiger partial charge in [0, 0.05) is 19.0 Å². The van der Waals surface area contributed by atoms with E-state index in [9.17, 15) is 17.6 Å². The van der Waals surface area contributed by atoms with Gasteiger partial charge in [0.1, 0.15) is 5.82 Å². The Balaban J connectivity index is 2.58. The first-order chi connectivity index (χ1) is 9.24. The van der Waals surface area contributed by atoms with E-state index in [0.717, 1.165) is 18.2 Å². The van der Waals surface area contributed by atoms with Crippen LogP contribution in [0.5, 0.6) is 0 Å². The fourth-order valence-corrected chi connectivity index (χ4v) is 2.61. The number of sulfonamides is 1. The Hall–Kier alpha value is -1.18. The Morgan fingerprint density at radius 1 is 1.35 bits per heavy atom. The zero-order valence-corrected chi connectivity index (χ0v) is 12.7. The molecule has 1 aromatic carbocycles. The van der Waals surface area contributed by atoms with Crippen molar-refractivity contribution in [1.29, 1.82) is 0 Å². The number of amides is 1. The van der Waals surface area contributed by atoms with E-state index in [4.69, 9.17) is 11.6 Å². The van der Waals surface area contributed by atoms with Gasteiger partial charge in [-0.1, -0.05) is 25.4 Å². The minimum Gasteiger partial charge on any atom is -0.355 e. The maximum atomic E-state index is 13.0. The molecule has 0 atom stereocenters. The number of nitrogens with one attached hydrogen (secondary N) is 2. The van der Waals surface area contributed by atoms with Crippen LogP contribution >= 0.6 is 11.6 Å². The van der Waals surface area contributed by atoms with Crippen LogP contribution in [0.1, 0.15) is 13.8 Å². The lowest BCUT2D eigenvalue weighted by Crippen LogP contribution is -2.36. The number of carbonyl (C=O) groups excluding carboxylic acids is 1. The SMILES string of the molecule is CC(C)C(=O)NCCNS(=O)(=O)c1ccc(F)c(Cl)c1. The molecule has 1 rings (SSSR count). The Morgan fingerprint density at radius 2 is 2.00 bits per heavy atom. The first-order valence-electron chi connectivity index (χ1n) is 5.96. The molecular weight excluding hydrogens is 307 g/mol. The molecule has 0 aliphatic rings. The Kier molecular flexibility index (Phi) is 5.91. The smallest absolute Gasteiger partial charge is 0.240 e. The van der Waals surface area contributed by atoms with Crippen molar-refractivity contribution in [2.45, 2.75) is 18.7 Å². The second kappa shape index (κ2) is 7.01. The summed E-state index contributed by atoms with van der Waals surface area (Å²) >= 11 is 5.53. The second-order valence-corrected chi connectivity index (χ2v) is 6.59. The largest absolute Gasteiger partial charge is 0.355 e. The van der Waals surface area contributed by atoms with E-state index in [0.29, 0.717) is 0 Å². The zero-order valence-electron chi connectivity index (χ0n) is 11.1. The lowest BCUT2D eigenvalue weighted by atomic mass is 10.2. The summed E-state index contributed by atoms with van der Waals surface area (Å²) in [4.78, 5) is 11.1. The fraction of sp³-hybridized carbons (Fsp3) is 0.417. The Morgan fingerprint density at radius 3 is 2.55 bits per heavy atom. The van der Waals surface area contributed by atoms with E-state index < -0.39 is 15.8 Å². The summed E-state index contributed by atoms with van der Waals surface area (Å²) in [7, 11) is -3.77. The third-order valence-corrected chi connectivity index (χ3v) is 4.19. The summed E-state index contributed by atoms with van der Waals surface area (Å²) < 4.78 is 39.0. The van der Waals surface area contributed by atoms with Crippen LogP contribution in [0.4, 0.5) is 4.39 Å². The van der Waals surface area contributed by atoms with Crippen LogP contribution in [0.2, 0.25) is 5.02 Å². The minimum atomic E-state index is -3.77. The molecule has 0 spiro atoms. The highest BCUT2D eigenvalue weighted by molar-refractivity contribution is 7.89. The predicted octanol–water partition coefficient (Wildman–Crippen LogP) is 1.53. The summed E-state index contributed by atoms with van der Waals surface area (Å²) in [5.41, 5.74) is 0. The molecule has 20 heavy (non-hydrogen) atoms. The fourth-order valence-electron chi connectivity index (χ4n) is 1.30. The highest BCUT2D eigenvalue weighted by atomic mass is 35.5. The van der Waals surface area contributed by atoms with Crippen LogP contribution in [0.3, 0.4) is 0 Å². The highest BCUT2D eigenvalue weighted by Gasteiger charge is 2.15. The first kappa shape index (κ1) is 16.9. The minimum absolute atomic E-state index is 0.0375. The summed E-state index contributed by atoms with van der Waals surface area (Å²) in [6.45, 7) is 3.68. The van der Waals surface area contributed by atoms with Gasteiger partial charge < -0.3 is 5.32 Å². The van der Waals surface area contributed by atoms with Gasteiger partial charge >= 0.3 is 0 Å². The molecule has 0 fully saturated rings. The number of carbonyl (C=O) groups is 1. The molecule has 8 heteroatoms. The molecule has 5 nitrogen and oxygen atoms in total. The van der Waals surface area contributed by atoms with E-state index >= 15 is 0 Å². The molecule has 2 N–H and O–H groups in total. The van der Waals surface area contributed by atoms with Gasteiger partial charge in [-0.3, -0.25) is 4.79 Å². The van der Waals surface area contributed by atoms with Crippen molar-refractivity contribution >= 4 is 27.5 Å². The van der Waals surface area contributed by atoms with Crippen molar-refractivity contribution in [3.8, 4) is 0 Å². The van der Waals surface area contributed by atoms with Crippen LogP contribution in [0.25, 0.3) is 0 Å². The molecule has 0 unspecified atom stereocenters. The topological polar surface area (TPSA) is 75.3 Å². The maximum Gasteiger partial charge on any atom is 0.240 e. The quantitative estimate of drug-likeness (QED) is 0.780. The standard InChI is InChI=1S/C12H16ClFN2O3S/c1-8(2)12(17)15-5-6-16-20(18,19)9-3-4-11(14)10(13)7-9/h3-4,7-8,16H,5-6H2,1-2H3,(H,15,17). The summed E-state index contributed by atoms with van der Waals surface area (Å²) in [5, 5.41) is 2.31. The van der Waals surface area contributed by atoms with Gasteiger partial charge in [0.2, 0.25) is 15.9 Å². The van der Waals surface area contributed by atoms with E-state index in [2.05, 4.69) is 10.0 Å². The second-order valence-electron chi connectivity index (χ2n) is 4.42. The predicted molar refractivity (Wildman–Crippen MR) is 74.4 cm³/mol. The van der Waals surface area contributed by atoms with Crippen LogP contribution in [-0.4, -0.2) is 27.4 Å². The maximum absolute atomic E-state index is 13.0. The van der Waals surface area contributed by atoms with Crippen LogP contribution in [-0.2, 0) is 14.8 Å². The molecule has 0 aliphatic heterocycles. The number of hydrogen-bond donors (Lipinski definition) is 2. The van der Waals surface area contributed by atoms with Gasteiger partial charge in [0.25, 0.3) is 0 Å². The van der Waals surface area contributed by atoms with Crippen LogP contribution in [0.15, 0.2) is 23.1 Å². The Labute approximate surface area is 122 Å². The van der Waals surface area contributed by atoms with Gasteiger partial charge in [-0.15, -0.1) is 0 Å². The van der Waals surface area contributed by atoms with E-state index in [-0.39, 0.29) is 34.8 Å². The van der Waals surface area contributed by atoms with Crippen LogP contribution in [0, 0.1) is 11.7 Å². The lowest BCUT2D eigenvalue weighted by Gasteiger charge is -2.09. The molecule has 0 saturated heterocycles. The van der Waals surface area contributed by atoms with Gasteiger partial charge in [0.15, 0.2) is 0 Å². The van der Waals surface area contributed by atoms with Gasteiger partial charge in [-0.25, -0.2) is 17.5 Å². The normalized spacial score (nSPS) is 11.7. The molecule has 0 radical (unpaired) electrons. The van der Waals surface area contributed by atoms with Crippen molar-refractivity contribution in [2.75, 3.05) is 13.1 Å². The summed E-state index contributed by atoms with van der Waals surface area (Å²) in [5.74, 6) is -1.01. The average molecular weight is 323 g/mol. The molecule has 1 aromatic rings. The van der Waals surface area contributed by atoms with Crippen molar-refractivity contribution in [3.05, 3.63) is 29.0 Å². The van der Waals surface area contributed by atoms with Gasteiger partial charge in [-0.05, 0) is 18.2 Å². The first-order valence-corrected chi connectivity index (χ1v) is 7.82. The molecule has 112 valence electrons. The lowest BCUT2D eigenvalue weighted by molar-refractivity contribution is -0.123. The zero-order chi connectivity index (χ0) is 15.3. The van der Waals surface area contributed by atoms with E-state index in [1.807, 2.05) is 0 Å². The van der Waals surface area contributed by atoms with Crippen molar-refractivity contribution in [2.24, 2.45) is 5.92 Å². The molecule has 0 aromatic heterocycles. The van der Waals surface area contributed by atoms with Gasteiger partial charge in [-0.2, -0.15) is 0 Å².